The van der Waals surface area contributed by atoms with Gasteiger partial charge in [-0.1, -0.05) is 28.9 Å². The zero-order chi connectivity index (χ0) is 15.1. The minimum Gasteiger partial charge on any atom is -0.492 e. The highest BCUT2D eigenvalue weighted by atomic mass is 79.9. The molecule has 0 aliphatic rings. The van der Waals surface area contributed by atoms with Crippen LogP contribution in [0.15, 0.2) is 46.9 Å². The summed E-state index contributed by atoms with van der Waals surface area (Å²) >= 11 is 3.42. The van der Waals surface area contributed by atoms with Crippen LogP contribution in [-0.4, -0.2) is 29.6 Å². The van der Waals surface area contributed by atoms with Gasteiger partial charge in [0.25, 0.3) is 0 Å². The van der Waals surface area contributed by atoms with Crippen molar-refractivity contribution in [3.63, 3.8) is 0 Å². The summed E-state index contributed by atoms with van der Waals surface area (Å²) in [6.45, 7) is 7.61. The van der Waals surface area contributed by atoms with Gasteiger partial charge >= 0.3 is 0 Å². The molecule has 2 rings (SSSR count). The Balaban J connectivity index is 1.81. The van der Waals surface area contributed by atoms with Gasteiger partial charge in [0.2, 0.25) is 0 Å². The standard InChI is InChI=1S/C17H21BrN2O/c1-3-20(13-16-6-4-5-14(2)19-16)11-12-21-17-9-7-15(18)8-10-17/h4-10H,3,11-13H2,1-2H3. The number of nitrogens with zero attached hydrogens (tertiary/aromatic N) is 2. The average Bonchev–Trinajstić information content (AvgIpc) is 2.48. The van der Waals surface area contributed by atoms with Crippen LogP contribution in [-0.2, 0) is 6.54 Å². The predicted molar refractivity (Wildman–Crippen MR) is 89.6 cm³/mol. The number of aryl methyl sites for hydroxylation is 1. The number of halogens is 1. The number of hydrogen-bond acceptors (Lipinski definition) is 3. The Hall–Kier alpha value is -1.39. The molecule has 2 aromatic rings. The number of hydrogen-bond donors (Lipinski definition) is 0. The number of ether oxygens (including phenoxy) is 1. The highest BCUT2D eigenvalue weighted by molar-refractivity contribution is 9.10. The van der Waals surface area contributed by atoms with Crippen LogP contribution in [0.4, 0.5) is 0 Å². The zero-order valence-electron chi connectivity index (χ0n) is 12.6. The van der Waals surface area contributed by atoms with Crippen LogP contribution < -0.4 is 4.74 Å². The van der Waals surface area contributed by atoms with Gasteiger partial charge in [-0.05, 0) is 49.9 Å². The first kappa shape index (κ1) is 16.0. The molecule has 0 amide bonds. The monoisotopic (exact) mass is 348 g/mol. The van der Waals surface area contributed by atoms with Crippen LogP contribution in [0.2, 0.25) is 0 Å². The predicted octanol–water partition coefficient (Wildman–Crippen LogP) is 4.05. The largest absolute Gasteiger partial charge is 0.492 e. The topological polar surface area (TPSA) is 25.4 Å². The molecule has 4 heteroatoms. The molecule has 1 aromatic carbocycles. The first-order valence-electron chi connectivity index (χ1n) is 7.20. The lowest BCUT2D eigenvalue weighted by Crippen LogP contribution is -2.28. The third-order valence-corrected chi connectivity index (χ3v) is 3.80. The van der Waals surface area contributed by atoms with Gasteiger partial charge in [0.05, 0.1) is 5.69 Å². The molecule has 0 bridgehead atoms. The second-order valence-electron chi connectivity index (χ2n) is 4.94. The Morgan fingerprint density at radius 3 is 2.57 bits per heavy atom. The fourth-order valence-electron chi connectivity index (χ4n) is 2.09. The van der Waals surface area contributed by atoms with Gasteiger partial charge in [0.15, 0.2) is 0 Å². The molecule has 0 spiro atoms. The molecule has 0 aliphatic carbocycles. The maximum absolute atomic E-state index is 5.77. The minimum atomic E-state index is 0.682. The molecule has 3 nitrogen and oxygen atoms in total. The summed E-state index contributed by atoms with van der Waals surface area (Å²) in [6, 6.07) is 14.1. The SMILES string of the molecule is CCN(CCOc1ccc(Br)cc1)Cc1cccc(C)n1. The van der Waals surface area contributed by atoms with Crippen molar-refractivity contribution < 1.29 is 4.74 Å². The fourth-order valence-corrected chi connectivity index (χ4v) is 2.35. The van der Waals surface area contributed by atoms with Crippen molar-refractivity contribution >= 4 is 15.9 Å². The molecule has 0 fully saturated rings. The molecule has 0 unspecified atom stereocenters. The number of aromatic nitrogens is 1. The number of pyridine rings is 1. The quantitative estimate of drug-likeness (QED) is 0.754. The molecule has 1 aromatic heterocycles. The van der Waals surface area contributed by atoms with Crippen LogP contribution in [0.25, 0.3) is 0 Å². The van der Waals surface area contributed by atoms with E-state index < -0.39 is 0 Å². The van der Waals surface area contributed by atoms with Crippen molar-refractivity contribution in [2.45, 2.75) is 20.4 Å². The van der Waals surface area contributed by atoms with Crippen molar-refractivity contribution in [3.8, 4) is 5.75 Å². The van der Waals surface area contributed by atoms with E-state index in [0.717, 1.165) is 41.2 Å². The Bertz CT molecular complexity index is 557. The molecule has 0 aliphatic heterocycles. The number of likely N-dealkylation sites (N-methyl/N-ethyl adjacent to an activating group) is 1. The van der Waals surface area contributed by atoms with E-state index in [2.05, 4.69) is 44.9 Å². The molecule has 0 saturated heterocycles. The van der Waals surface area contributed by atoms with Gasteiger partial charge in [0.1, 0.15) is 12.4 Å². The number of rotatable bonds is 7. The van der Waals surface area contributed by atoms with Crippen LogP contribution in [0, 0.1) is 6.92 Å². The van der Waals surface area contributed by atoms with Crippen molar-refractivity contribution in [2.75, 3.05) is 19.7 Å². The van der Waals surface area contributed by atoms with Crippen LogP contribution in [0.3, 0.4) is 0 Å². The summed E-state index contributed by atoms with van der Waals surface area (Å²) < 4.78 is 6.84. The van der Waals surface area contributed by atoms with E-state index in [0.29, 0.717) is 6.61 Å². The summed E-state index contributed by atoms with van der Waals surface area (Å²) in [7, 11) is 0. The molecule has 112 valence electrons. The number of benzene rings is 1. The highest BCUT2D eigenvalue weighted by Gasteiger charge is 2.05. The molecule has 0 atom stereocenters. The third kappa shape index (κ3) is 5.48. The van der Waals surface area contributed by atoms with E-state index in [1.807, 2.05) is 37.3 Å². The maximum Gasteiger partial charge on any atom is 0.119 e. The van der Waals surface area contributed by atoms with Crippen LogP contribution in [0.5, 0.6) is 5.75 Å². The molecule has 0 N–H and O–H groups in total. The molecular weight excluding hydrogens is 328 g/mol. The summed E-state index contributed by atoms with van der Waals surface area (Å²) in [5.74, 6) is 0.905. The lowest BCUT2D eigenvalue weighted by molar-refractivity contribution is 0.208. The van der Waals surface area contributed by atoms with Crippen molar-refractivity contribution in [1.82, 2.24) is 9.88 Å². The normalized spacial score (nSPS) is 10.9. The van der Waals surface area contributed by atoms with Gasteiger partial charge in [-0.15, -0.1) is 0 Å². The van der Waals surface area contributed by atoms with Gasteiger partial charge in [-0.2, -0.15) is 0 Å². The third-order valence-electron chi connectivity index (χ3n) is 3.27. The van der Waals surface area contributed by atoms with Crippen molar-refractivity contribution in [1.29, 1.82) is 0 Å². The van der Waals surface area contributed by atoms with E-state index in [1.165, 1.54) is 0 Å². The second kappa shape index (κ2) is 8.15. The first-order valence-corrected chi connectivity index (χ1v) is 8.00. The van der Waals surface area contributed by atoms with Gasteiger partial charge in [-0.25, -0.2) is 0 Å². The zero-order valence-corrected chi connectivity index (χ0v) is 14.1. The average molecular weight is 349 g/mol. The lowest BCUT2D eigenvalue weighted by atomic mass is 10.3. The van der Waals surface area contributed by atoms with E-state index in [9.17, 15) is 0 Å². The van der Waals surface area contributed by atoms with Gasteiger partial charge in [0, 0.05) is 23.3 Å². The first-order chi connectivity index (χ1) is 10.2. The van der Waals surface area contributed by atoms with E-state index in [-0.39, 0.29) is 0 Å². The van der Waals surface area contributed by atoms with Crippen molar-refractivity contribution in [2.24, 2.45) is 0 Å². The van der Waals surface area contributed by atoms with Crippen molar-refractivity contribution in [3.05, 3.63) is 58.3 Å². The molecule has 21 heavy (non-hydrogen) atoms. The summed E-state index contributed by atoms with van der Waals surface area (Å²) in [5.41, 5.74) is 2.18. The highest BCUT2D eigenvalue weighted by Crippen LogP contribution is 2.16. The Morgan fingerprint density at radius 1 is 1.14 bits per heavy atom. The van der Waals surface area contributed by atoms with Gasteiger partial charge < -0.3 is 4.74 Å². The minimum absolute atomic E-state index is 0.682. The smallest absolute Gasteiger partial charge is 0.119 e. The lowest BCUT2D eigenvalue weighted by Gasteiger charge is -2.20. The molecular formula is C17H21BrN2O. The summed E-state index contributed by atoms with van der Waals surface area (Å²) in [5, 5.41) is 0. The fraction of sp³-hybridized carbons (Fsp3) is 0.353. The summed E-state index contributed by atoms with van der Waals surface area (Å²) in [4.78, 5) is 6.88. The van der Waals surface area contributed by atoms with E-state index >= 15 is 0 Å². The van der Waals surface area contributed by atoms with E-state index in [1.54, 1.807) is 0 Å². The summed E-state index contributed by atoms with van der Waals surface area (Å²) in [6.07, 6.45) is 0. The molecule has 0 saturated carbocycles. The Morgan fingerprint density at radius 2 is 1.90 bits per heavy atom. The van der Waals surface area contributed by atoms with Crippen LogP contribution in [0.1, 0.15) is 18.3 Å². The van der Waals surface area contributed by atoms with E-state index in [4.69, 9.17) is 4.74 Å². The van der Waals surface area contributed by atoms with Crippen LogP contribution >= 0.6 is 15.9 Å². The Kier molecular flexibility index (Phi) is 6.21. The molecule has 0 radical (unpaired) electrons. The second-order valence-corrected chi connectivity index (χ2v) is 5.86. The molecule has 1 heterocycles. The Labute approximate surface area is 135 Å². The maximum atomic E-state index is 5.77. The van der Waals surface area contributed by atoms with Gasteiger partial charge in [-0.3, -0.25) is 9.88 Å².